The first kappa shape index (κ1) is 19.8. The number of nitrogens with zero attached hydrogens (tertiary/aromatic N) is 3. The summed E-state index contributed by atoms with van der Waals surface area (Å²) in [6, 6.07) is 0.0895. The second-order valence-corrected chi connectivity index (χ2v) is 8.53. The maximum Gasteiger partial charge on any atom is 0.235 e. The first-order valence-electron chi connectivity index (χ1n) is 10.2. The number of aromatic nitrogens is 2. The molecule has 1 aliphatic heterocycles. The summed E-state index contributed by atoms with van der Waals surface area (Å²) in [6.07, 6.45) is 3.29. The van der Waals surface area contributed by atoms with Crippen LogP contribution in [-0.2, 0) is 15.0 Å². The molecule has 3 atom stereocenters. The smallest absolute Gasteiger partial charge is 0.235 e. The molecule has 1 saturated carbocycles. The highest BCUT2D eigenvalue weighted by Crippen LogP contribution is 2.50. The van der Waals surface area contributed by atoms with Crippen molar-refractivity contribution in [3.8, 4) is 0 Å². The van der Waals surface area contributed by atoms with Gasteiger partial charge in [0.1, 0.15) is 0 Å². The number of amides is 2. The summed E-state index contributed by atoms with van der Waals surface area (Å²) in [5.74, 6) is 1.78. The van der Waals surface area contributed by atoms with Gasteiger partial charge in [0.25, 0.3) is 0 Å². The second kappa shape index (κ2) is 7.60. The zero-order valence-electron chi connectivity index (χ0n) is 17.1. The van der Waals surface area contributed by atoms with Crippen molar-refractivity contribution in [1.29, 1.82) is 0 Å². The van der Waals surface area contributed by atoms with E-state index in [4.69, 9.17) is 4.52 Å². The van der Waals surface area contributed by atoms with Crippen LogP contribution >= 0.6 is 0 Å². The first-order chi connectivity index (χ1) is 12.8. The number of likely N-dealkylation sites (tertiary alicyclic amines) is 1. The average Bonchev–Trinajstić information content (AvgIpc) is 3.27. The van der Waals surface area contributed by atoms with Crippen LogP contribution in [0, 0.1) is 24.7 Å². The number of nitrogens with one attached hydrogen (secondary N) is 1. The van der Waals surface area contributed by atoms with Crippen LogP contribution in [-0.4, -0.2) is 46.0 Å². The monoisotopic (exact) mass is 376 g/mol. The topological polar surface area (TPSA) is 88.3 Å². The Morgan fingerprint density at radius 2 is 2.04 bits per heavy atom. The van der Waals surface area contributed by atoms with Gasteiger partial charge in [0.05, 0.1) is 5.41 Å². The van der Waals surface area contributed by atoms with Crippen molar-refractivity contribution in [3.63, 3.8) is 0 Å². The normalized spacial score (nSPS) is 27.4. The molecule has 3 rings (SSSR count). The second-order valence-electron chi connectivity index (χ2n) is 8.53. The van der Waals surface area contributed by atoms with Gasteiger partial charge < -0.3 is 14.7 Å². The lowest BCUT2D eigenvalue weighted by Crippen LogP contribution is -2.41. The molecule has 27 heavy (non-hydrogen) atoms. The minimum Gasteiger partial charge on any atom is -0.353 e. The molecule has 0 unspecified atom stereocenters. The van der Waals surface area contributed by atoms with Crippen molar-refractivity contribution in [1.82, 2.24) is 20.4 Å². The highest BCUT2D eigenvalue weighted by Gasteiger charge is 2.58. The molecule has 0 bridgehead atoms. The number of hydrogen-bond donors (Lipinski definition) is 1. The van der Waals surface area contributed by atoms with Gasteiger partial charge in [-0.1, -0.05) is 32.9 Å². The lowest BCUT2D eigenvalue weighted by Gasteiger charge is -2.26. The molecule has 1 aromatic rings. The van der Waals surface area contributed by atoms with Crippen molar-refractivity contribution in [2.45, 2.75) is 71.8 Å². The van der Waals surface area contributed by atoms with Gasteiger partial charge in [0, 0.05) is 31.0 Å². The van der Waals surface area contributed by atoms with Gasteiger partial charge >= 0.3 is 0 Å². The van der Waals surface area contributed by atoms with E-state index in [0.717, 1.165) is 25.7 Å². The Kier molecular flexibility index (Phi) is 5.58. The molecule has 150 valence electrons. The van der Waals surface area contributed by atoms with E-state index in [0.29, 0.717) is 24.8 Å². The van der Waals surface area contributed by atoms with Crippen molar-refractivity contribution in [2.24, 2.45) is 17.8 Å². The predicted molar refractivity (Wildman–Crippen MR) is 101 cm³/mol. The SMILES string of the molecule is CCC(CC)C(=O)N[C@@H]1C[C@H]2CN(C(=O)C(C)C)C[C@@]2(c2nc(C)no2)C1. The molecule has 1 aromatic heterocycles. The Morgan fingerprint density at radius 3 is 2.59 bits per heavy atom. The maximum absolute atomic E-state index is 12.6. The molecule has 2 aliphatic rings. The Morgan fingerprint density at radius 1 is 1.33 bits per heavy atom. The minimum absolute atomic E-state index is 0.0318. The molecule has 2 amide bonds. The Balaban J connectivity index is 1.81. The van der Waals surface area contributed by atoms with Crippen LogP contribution in [0.5, 0.6) is 0 Å². The van der Waals surface area contributed by atoms with Crippen LogP contribution in [0.3, 0.4) is 0 Å². The molecule has 1 aliphatic carbocycles. The minimum atomic E-state index is -0.350. The van der Waals surface area contributed by atoms with Crippen molar-refractivity contribution in [2.75, 3.05) is 13.1 Å². The van der Waals surface area contributed by atoms with Gasteiger partial charge in [-0.25, -0.2) is 0 Å². The Hall–Kier alpha value is -1.92. The number of carbonyl (C=O) groups excluding carboxylic acids is 2. The summed E-state index contributed by atoms with van der Waals surface area (Å²) >= 11 is 0. The molecule has 1 N–H and O–H groups in total. The van der Waals surface area contributed by atoms with E-state index in [1.165, 1.54) is 0 Å². The molecule has 2 heterocycles. The van der Waals surface area contributed by atoms with Gasteiger partial charge in [0.15, 0.2) is 5.82 Å². The predicted octanol–water partition coefficient (Wildman–Crippen LogP) is 2.45. The molecule has 7 nitrogen and oxygen atoms in total. The van der Waals surface area contributed by atoms with Crippen LogP contribution in [0.15, 0.2) is 4.52 Å². The quantitative estimate of drug-likeness (QED) is 0.824. The lowest BCUT2D eigenvalue weighted by molar-refractivity contribution is -0.134. The highest BCUT2D eigenvalue weighted by atomic mass is 16.5. The zero-order valence-corrected chi connectivity index (χ0v) is 17.1. The van der Waals surface area contributed by atoms with Crippen molar-refractivity contribution >= 4 is 11.8 Å². The third kappa shape index (κ3) is 3.60. The van der Waals surface area contributed by atoms with Gasteiger partial charge in [-0.05, 0) is 38.5 Å². The first-order valence-corrected chi connectivity index (χ1v) is 10.2. The van der Waals surface area contributed by atoms with E-state index in [1.54, 1.807) is 0 Å². The summed E-state index contributed by atoms with van der Waals surface area (Å²) in [5.41, 5.74) is -0.350. The number of hydrogen-bond acceptors (Lipinski definition) is 5. The largest absolute Gasteiger partial charge is 0.353 e. The van der Waals surface area contributed by atoms with Crippen molar-refractivity contribution < 1.29 is 14.1 Å². The summed E-state index contributed by atoms with van der Waals surface area (Å²) in [6.45, 7) is 11.1. The van der Waals surface area contributed by atoms with Crippen molar-refractivity contribution in [3.05, 3.63) is 11.7 Å². The van der Waals surface area contributed by atoms with E-state index in [2.05, 4.69) is 29.3 Å². The summed E-state index contributed by atoms with van der Waals surface area (Å²) in [5, 5.41) is 7.23. The summed E-state index contributed by atoms with van der Waals surface area (Å²) in [7, 11) is 0. The van der Waals surface area contributed by atoms with Gasteiger partial charge in [-0.3, -0.25) is 9.59 Å². The molecule has 2 fully saturated rings. The van der Waals surface area contributed by atoms with E-state index >= 15 is 0 Å². The number of rotatable bonds is 6. The number of fused-ring (bicyclic) bond motifs is 1. The number of carbonyl (C=O) groups is 2. The fourth-order valence-electron chi connectivity index (χ4n) is 4.82. The molecule has 0 radical (unpaired) electrons. The average molecular weight is 377 g/mol. The molecule has 0 aromatic carbocycles. The van der Waals surface area contributed by atoms with Gasteiger partial charge in [0.2, 0.25) is 17.7 Å². The molecular formula is C20H32N4O3. The standard InChI is InChI=1S/C20H32N4O3/c1-6-14(7-2)17(25)22-16-8-15-10-24(18(26)12(3)4)11-20(15,9-16)19-21-13(5)23-27-19/h12,14-16H,6-11H2,1-5H3,(H,22,25)/t15-,16+,20-/m0/s1. The van der Waals surface area contributed by atoms with Crippen LogP contribution in [0.4, 0.5) is 0 Å². The third-order valence-corrected chi connectivity index (χ3v) is 6.34. The molecular weight excluding hydrogens is 344 g/mol. The molecule has 0 spiro atoms. The molecule has 1 saturated heterocycles. The Bertz CT molecular complexity index is 697. The number of aryl methyl sites for hydroxylation is 1. The maximum atomic E-state index is 12.6. The van der Waals surface area contributed by atoms with Gasteiger partial charge in [-0.2, -0.15) is 4.98 Å². The Labute approximate surface area is 161 Å². The third-order valence-electron chi connectivity index (χ3n) is 6.34. The van der Waals surface area contributed by atoms with Crippen LogP contribution < -0.4 is 5.32 Å². The van der Waals surface area contributed by atoms with E-state index in [9.17, 15) is 9.59 Å². The fraction of sp³-hybridized carbons (Fsp3) is 0.800. The summed E-state index contributed by atoms with van der Waals surface area (Å²) in [4.78, 5) is 31.6. The van der Waals surface area contributed by atoms with E-state index in [-0.39, 0.29) is 41.0 Å². The van der Waals surface area contributed by atoms with E-state index in [1.807, 2.05) is 25.7 Å². The fourth-order valence-corrected chi connectivity index (χ4v) is 4.82. The van der Waals surface area contributed by atoms with Crippen LogP contribution in [0.25, 0.3) is 0 Å². The molecule has 7 heteroatoms. The lowest BCUT2D eigenvalue weighted by atomic mass is 9.80. The zero-order chi connectivity index (χ0) is 19.8. The van der Waals surface area contributed by atoms with Crippen LogP contribution in [0.1, 0.15) is 65.1 Å². The van der Waals surface area contributed by atoms with E-state index < -0.39 is 0 Å². The van der Waals surface area contributed by atoms with Gasteiger partial charge in [-0.15, -0.1) is 0 Å². The highest BCUT2D eigenvalue weighted by molar-refractivity contribution is 5.79. The summed E-state index contributed by atoms with van der Waals surface area (Å²) < 4.78 is 5.57. The van der Waals surface area contributed by atoms with Crippen LogP contribution in [0.2, 0.25) is 0 Å².